The Balaban J connectivity index is 2.14. The Morgan fingerprint density at radius 2 is 1.78 bits per heavy atom. The van der Waals surface area contributed by atoms with Gasteiger partial charge in [-0.3, -0.25) is 4.79 Å². The van der Waals surface area contributed by atoms with E-state index in [0.29, 0.717) is 28.3 Å². The number of benzene rings is 2. The summed E-state index contributed by atoms with van der Waals surface area (Å²) in [4.78, 5) is 35.4. The van der Waals surface area contributed by atoms with Gasteiger partial charge in [0.1, 0.15) is 11.6 Å². The highest BCUT2D eigenvalue weighted by atomic mass is 16.6. The van der Waals surface area contributed by atoms with Crippen LogP contribution in [0, 0.1) is 11.3 Å². The maximum Gasteiger partial charge on any atom is 0.343 e. The molecule has 9 heteroatoms. The van der Waals surface area contributed by atoms with Gasteiger partial charge in [0.05, 0.1) is 26.4 Å². The monoisotopic (exact) mass is 438 g/mol. The average molecular weight is 438 g/mol. The van der Waals surface area contributed by atoms with Crippen LogP contribution in [0.1, 0.15) is 22.8 Å². The number of nitrogens with zero attached hydrogens (tertiary/aromatic N) is 1. The minimum absolute atomic E-state index is 0.148. The van der Waals surface area contributed by atoms with Crippen LogP contribution in [-0.4, -0.2) is 45.3 Å². The van der Waals surface area contributed by atoms with Crippen molar-refractivity contribution in [2.75, 3.05) is 32.8 Å². The maximum atomic E-state index is 12.5. The molecule has 0 fully saturated rings. The summed E-state index contributed by atoms with van der Waals surface area (Å²) in [5.41, 5.74) is 1.12. The van der Waals surface area contributed by atoms with Crippen LogP contribution in [0.2, 0.25) is 0 Å². The summed E-state index contributed by atoms with van der Waals surface area (Å²) < 4.78 is 20.0. The summed E-state index contributed by atoms with van der Waals surface area (Å²) in [5.74, 6) is -1.01. The fourth-order valence-electron chi connectivity index (χ4n) is 2.51. The molecule has 0 aromatic heterocycles. The van der Waals surface area contributed by atoms with Crippen molar-refractivity contribution in [3.63, 3.8) is 0 Å². The number of carbonyl (C=O) groups is 3. The fourth-order valence-corrected chi connectivity index (χ4v) is 2.51. The Bertz CT molecular complexity index is 1050. The number of methoxy groups -OCH3 is 2. The summed E-state index contributed by atoms with van der Waals surface area (Å²) in [7, 11) is 2.67. The molecule has 0 heterocycles. The van der Waals surface area contributed by atoms with Crippen LogP contribution in [0.15, 0.2) is 48.0 Å². The molecule has 1 N–H and O–H groups in total. The van der Waals surface area contributed by atoms with E-state index in [1.807, 2.05) is 6.07 Å². The van der Waals surface area contributed by atoms with Crippen molar-refractivity contribution in [3.8, 4) is 17.6 Å². The minimum Gasteiger partial charge on any atom is -0.493 e. The zero-order valence-electron chi connectivity index (χ0n) is 17.8. The fraction of sp³-hybridized carbons (Fsp3) is 0.217. The quantitative estimate of drug-likeness (QED) is 0.360. The first-order chi connectivity index (χ1) is 15.4. The predicted molar refractivity (Wildman–Crippen MR) is 115 cm³/mol. The van der Waals surface area contributed by atoms with Gasteiger partial charge in [0.15, 0.2) is 18.1 Å². The molecule has 9 nitrogen and oxygen atoms in total. The molecular formula is C23H22N2O7. The third-order valence-electron chi connectivity index (χ3n) is 4.09. The maximum absolute atomic E-state index is 12.5. The lowest BCUT2D eigenvalue weighted by atomic mass is 10.1. The van der Waals surface area contributed by atoms with E-state index in [1.165, 1.54) is 44.6 Å². The second kappa shape index (κ2) is 11.8. The second-order valence-electron chi connectivity index (χ2n) is 6.20. The molecule has 0 saturated carbocycles. The molecule has 166 valence electrons. The largest absolute Gasteiger partial charge is 0.493 e. The van der Waals surface area contributed by atoms with Crippen molar-refractivity contribution in [3.05, 3.63) is 59.2 Å². The Kier molecular flexibility index (Phi) is 8.80. The number of anilines is 1. The van der Waals surface area contributed by atoms with E-state index >= 15 is 0 Å². The van der Waals surface area contributed by atoms with Crippen molar-refractivity contribution < 1.29 is 33.3 Å². The molecule has 0 spiro atoms. The van der Waals surface area contributed by atoms with Gasteiger partial charge in [0, 0.05) is 5.69 Å². The number of hydrogen-bond donors (Lipinski definition) is 1. The van der Waals surface area contributed by atoms with Gasteiger partial charge in [-0.05, 0) is 55.0 Å². The van der Waals surface area contributed by atoms with Crippen LogP contribution >= 0.6 is 0 Å². The highest BCUT2D eigenvalue weighted by Crippen LogP contribution is 2.29. The van der Waals surface area contributed by atoms with Gasteiger partial charge in [-0.2, -0.15) is 5.26 Å². The van der Waals surface area contributed by atoms with Gasteiger partial charge in [-0.1, -0.05) is 6.07 Å². The molecule has 0 aliphatic heterocycles. The molecule has 2 rings (SSSR count). The molecule has 2 aromatic carbocycles. The van der Waals surface area contributed by atoms with Gasteiger partial charge in [-0.25, -0.2) is 9.59 Å². The van der Waals surface area contributed by atoms with Crippen LogP contribution in [0.5, 0.6) is 11.5 Å². The molecule has 0 unspecified atom stereocenters. The summed E-state index contributed by atoms with van der Waals surface area (Å²) in [5, 5.41) is 12.0. The van der Waals surface area contributed by atoms with Crippen LogP contribution in [0.3, 0.4) is 0 Å². The molecule has 0 aliphatic carbocycles. The lowest BCUT2D eigenvalue weighted by Crippen LogP contribution is -2.14. The summed E-state index contributed by atoms with van der Waals surface area (Å²) in [6.07, 6.45) is 1.38. The number of esters is 2. The van der Waals surface area contributed by atoms with Gasteiger partial charge in [0.25, 0.3) is 5.91 Å². The first kappa shape index (κ1) is 24.0. The van der Waals surface area contributed by atoms with E-state index in [0.717, 1.165) is 0 Å². The van der Waals surface area contributed by atoms with Crippen LogP contribution in [0.25, 0.3) is 6.08 Å². The van der Waals surface area contributed by atoms with E-state index in [2.05, 4.69) is 10.1 Å². The lowest BCUT2D eigenvalue weighted by Gasteiger charge is -2.10. The van der Waals surface area contributed by atoms with Gasteiger partial charge in [-0.15, -0.1) is 0 Å². The molecule has 0 atom stereocenters. The van der Waals surface area contributed by atoms with Gasteiger partial charge < -0.3 is 24.3 Å². The Morgan fingerprint density at radius 1 is 1.06 bits per heavy atom. The first-order valence-corrected chi connectivity index (χ1v) is 9.49. The number of rotatable bonds is 9. The summed E-state index contributed by atoms with van der Waals surface area (Å²) in [6.45, 7) is 1.68. The Morgan fingerprint density at radius 3 is 2.38 bits per heavy atom. The standard InChI is InChI=1S/C23H22N2O7/c1-4-31-23(28)16-6-8-18(9-7-16)25-22(27)17(13-24)11-15-5-10-19(20(12-15)29-2)32-14-21(26)30-3/h5-12H,4,14H2,1-3H3,(H,25,27)/b17-11+. The van der Waals surface area contributed by atoms with E-state index in [4.69, 9.17) is 14.2 Å². The van der Waals surface area contributed by atoms with Crippen molar-refractivity contribution >= 4 is 29.6 Å². The van der Waals surface area contributed by atoms with E-state index in [1.54, 1.807) is 25.1 Å². The normalized spacial score (nSPS) is 10.5. The van der Waals surface area contributed by atoms with Crippen LogP contribution in [0.4, 0.5) is 5.69 Å². The summed E-state index contributed by atoms with van der Waals surface area (Å²) in [6, 6.07) is 12.7. The van der Waals surface area contributed by atoms with E-state index in [-0.39, 0.29) is 18.8 Å². The highest BCUT2D eigenvalue weighted by molar-refractivity contribution is 6.09. The third-order valence-corrected chi connectivity index (χ3v) is 4.09. The zero-order chi connectivity index (χ0) is 23.5. The molecular weight excluding hydrogens is 416 g/mol. The van der Waals surface area contributed by atoms with Crippen LogP contribution in [-0.2, 0) is 19.1 Å². The average Bonchev–Trinajstić information content (AvgIpc) is 2.81. The molecule has 0 bridgehead atoms. The molecule has 0 radical (unpaired) electrons. The van der Waals surface area contributed by atoms with Crippen molar-refractivity contribution in [1.29, 1.82) is 5.26 Å². The molecule has 0 aliphatic rings. The van der Waals surface area contributed by atoms with E-state index in [9.17, 15) is 19.6 Å². The number of amides is 1. The highest BCUT2D eigenvalue weighted by Gasteiger charge is 2.13. The Labute approximate surface area is 185 Å². The van der Waals surface area contributed by atoms with E-state index < -0.39 is 17.8 Å². The lowest BCUT2D eigenvalue weighted by molar-refractivity contribution is -0.142. The van der Waals surface area contributed by atoms with Crippen molar-refractivity contribution in [2.45, 2.75) is 6.92 Å². The number of nitrogens with one attached hydrogen (secondary N) is 1. The number of ether oxygens (including phenoxy) is 4. The number of nitriles is 1. The van der Waals surface area contributed by atoms with Crippen molar-refractivity contribution in [1.82, 2.24) is 0 Å². The first-order valence-electron chi connectivity index (χ1n) is 9.49. The molecule has 0 saturated heterocycles. The van der Waals surface area contributed by atoms with Crippen molar-refractivity contribution in [2.24, 2.45) is 0 Å². The number of hydrogen-bond acceptors (Lipinski definition) is 8. The zero-order valence-corrected chi connectivity index (χ0v) is 17.8. The second-order valence-corrected chi connectivity index (χ2v) is 6.20. The van der Waals surface area contributed by atoms with Gasteiger partial charge in [0.2, 0.25) is 0 Å². The molecule has 1 amide bonds. The smallest absolute Gasteiger partial charge is 0.343 e. The topological polar surface area (TPSA) is 124 Å². The third kappa shape index (κ3) is 6.60. The SMILES string of the molecule is CCOC(=O)c1ccc(NC(=O)/C(C#N)=C/c2ccc(OCC(=O)OC)c(OC)c2)cc1. The van der Waals surface area contributed by atoms with Crippen LogP contribution < -0.4 is 14.8 Å². The van der Waals surface area contributed by atoms with Gasteiger partial charge >= 0.3 is 11.9 Å². The predicted octanol–water partition coefficient (Wildman–Crippen LogP) is 2.97. The Hall–Kier alpha value is -4.32. The molecule has 32 heavy (non-hydrogen) atoms. The molecule has 2 aromatic rings. The minimum atomic E-state index is -0.624. The number of carbonyl (C=O) groups excluding carboxylic acids is 3. The summed E-state index contributed by atoms with van der Waals surface area (Å²) >= 11 is 0.